The van der Waals surface area contributed by atoms with Crippen LogP contribution in [0.3, 0.4) is 0 Å². The molecule has 0 amide bonds. The van der Waals surface area contributed by atoms with Crippen LogP contribution in [0.5, 0.6) is 0 Å². The summed E-state index contributed by atoms with van der Waals surface area (Å²) in [6.45, 7) is 2.98. The van der Waals surface area contributed by atoms with Crippen LogP contribution in [0.25, 0.3) is 10.9 Å². The largest absolute Gasteiger partial charge is 0.296 e. The van der Waals surface area contributed by atoms with E-state index < -0.39 is 0 Å². The average Bonchev–Trinajstić information content (AvgIpc) is 2.79. The molecule has 0 saturated heterocycles. The van der Waals surface area contributed by atoms with E-state index >= 15 is 0 Å². The summed E-state index contributed by atoms with van der Waals surface area (Å²) in [5, 5.41) is 0.779. The number of aryl methyl sites for hydroxylation is 2. The second-order valence-corrected chi connectivity index (χ2v) is 4.69. The van der Waals surface area contributed by atoms with Gasteiger partial charge in [0.1, 0.15) is 5.82 Å². The summed E-state index contributed by atoms with van der Waals surface area (Å²) in [6.07, 6.45) is 4.10. The predicted octanol–water partition coefficient (Wildman–Crippen LogP) is 2.30. The maximum atomic E-state index is 12.3. The summed E-state index contributed by atoms with van der Waals surface area (Å²) >= 11 is 0. The van der Waals surface area contributed by atoms with E-state index in [2.05, 4.69) is 18.0 Å². The molecule has 2 heterocycles. The van der Waals surface area contributed by atoms with Gasteiger partial charge < -0.3 is 0 Å². The fourth-order valence-corrected chi connectivity index (χ4v) is 2.57. The van der Waals surface area contributed by atoms with Crippen molar-refractivity contribution in [3.63, 3.8) is 0 Å². The Morgan fingerprint density at radius 3 is 3.12 bits per heavy atom. The Hall–Kier alpha value is -1.64. The predicted molar refractivity (Wildman–Crippen MR) is 68.3 cm³/mol. The van der Waals surface area contributed by atoms with Gasteiger partial charge in [0.15, 0.2) is 0 Å². The Morgan fingerprint density at radius 2 is 2.29 bits per heavy atom. The van der Waals surface area contributed by atoms with E-state index in [1.54, 1.807) is 0 Å². The zero-order valence-corrected chi connectivity index (χ0v) is 10.1. The molecular formula is C14H16N2O. The van der Waals surface area contributed by atoms with Crippen LogP contribution in [0.2, 0.25) is 0 Å². The van der Waals surface area contributed by atoms with E-state index in [4.69, 9.17) is 0 Å². The second-order valence-electron chi connectivity index (χ2n) is 4.69. The number of nitrogens with zero attached hydrogens (tertiary/aromatic N) is 2. The van der Waals surface area contributed by atoms with Crippen molar-refractivity contribution in [3.8, 4) is 0 Å². The Balaban J connectivity index is 2.26. The molecule has 0 saturated carbocycles. The minimum atomic E-state index is 0.139. The normalized spacial score (nSPS) is 14.2. The van der Waals surface area contributed by atoms with Crippen LogP contribution >= 0.6 is 0 Å². The summed E-state index contributed by atoms with van der Waals surface area (Å²) in [5.41, 5.74) is 2.22. The molecule has 1 aliphatic rings. The summed E-state index contributed by atoms with van der Waals surface area (Å²) < 4.78 is 1.83. The van der Waals surface area contributed by atoms with Gasteiger partial charge in [0.25, 0.3) is 5.56 Å². The third-order valence-electron chi connectivity index (χ3n) is 3.42. The molecular weight excluding hydrogens is 212 g/mol. The lowest BCUT2D eigenvalue weighted by Gasteiger charge is -2.06. The first-order valence-electron chi connectivity index (χ1n) is 6.32. The molecule has 0 bridgehead atoms. The Labute approximate surface area is 100 Å². The van der Waals surface area contributed by atoms with E-state index in [0.29, 0.717) is 0 Å². The molecule has 0 aliphatic carbocycles. The monoisotopic (exact) mass is 228 g/mol. The van der Waals surface area contributed by atoms with E-state index in [1.807, 2.05) is 16.7 Å². The van der Waals surface area contributed by atoms with Crippen LogP contribution in [0.4, 0.5) is 0 Å². The van der Waals surface area contributed by atoms with Crippen LogP contribution in [0.1, 0.15) is 31.2 Å². The van der Waals surface area contributed by atoms with Gasteiger partial charge in [-0.25, -0.2) is 4.98 Å². The van der Waals surface area contributed by atoms with Crippen LogP contribution in [-0.4, -0.2) is 9.55 Å². The minimum absolute atomic E-state index is 0.139. The molecule has 17 heavy (non-hydrogen) atoms. The molecule has 0 N–H and O–H groups in total. The first kappa shape index (κ1) is 10.5. The summed E-state index contributed by atoms with van der Waals surface area (Å²) in [6, 6.07) is 6.09. The molecule has 0 radical (unpaired) electrons. The van der Waals surface area contributed by atoms with Gasteiger partial charge in [0.2, 0.25) is 0 Å². The van der Waals surface area contributed by atoms with E-state index in [-0.39, 0.29) is 5.56 Å². The van der Waals surface area contributed by atoms with Gasteiger partial charge >= 0.3 is 0 Å². The van der Waals surface area contributed by atoms with Crippen molar-refractivity contribution in [2.24, 2.45) is 0 Å². The number of rotatable bonds is 2. The van der Waals surface area contributed by atoms with Crippen molar-refractivity contribution in [1.29, 1.82) is 0 Å². The quantitative estimate of drug-likeness (QED) is 0.790. The van der Waals surface area contributed by atoms with Crippen molar-refractivity contribution in [3.05, 3.63) is 39.9 Å². The molecule has 3 rings (SSSR count). The van der Waals surface area contributed by atoms with E-state index in [0.717, 1.165) is 49.0 Å². The van der Waals surface area contributed by atoms with Gasteiger partial charge in [-0.1, -0.05) is 19.4 Å². The van der Waals surface area contributed by atoms with Crippen molar-refractivity contribution < 1.29 is 0 Å². The van der Waals surface area contributed by atoms with E-state index in [1.165, 1.54) is 5.56 Å². The highest BCUT2D eigenvalue weighted by atomic mass is 16.1. The maximum absolute atomic E-state index is 12.3. The van der Waals surface area contributed by atoms with Crippen LogP contribution in [-0.2, 0) is 19.4 Å². The molecule has 1 aromatic heterocycles. The highest BCUT2D eigenvalue weighted by Gasteiger charge is 2.15. The summed E-state index contributed by atoms with van der Waals surface area (Å²) in [4.78, 5) is 16.9. The molecule has 0 unspecified atom stereocenters. The molecule has 1 aliphatic heterocycles. The summed E-state index contributed by atoms with van der Waals surface area (Å²) in [7, 11) is 0. The van der Waals surface area contributed by atoms with Crippen molar-refractivity contribution in [1.82, 2.24) is 9.55 Å². The lowest BCUT2D eigenvalue weighted by molar-refractivity contribution is 0.719. The minimum Gasteiger partial charge on any atom is -0.296 e. The first-order valence-corrected chi connectivity index (χ1v) is 6.32. The smallest absolute Gasteiger partial charge is 0.261 e. The van der Waals surface area contributed by atoms with Crippen LogP contribution < -0.4 is 5.56 Å². The lowest BCUT2D eigenvalue weighted by Crippen LogP contribution is -2.20. The molecule has 88 valence electrons. The van der Waals surface area contributed by atoms with E-state index in [9.17, 15) is 4.79 Å². The topological polar surface area (TPSA) is 34.9 Å². The Bertz CT molecular complexity index is 628. The van der Waals surface area contributed by atoms with Gasteiger partial charge in [0.05, 0.1) is 10.9 Å². The van der Waals surface area contributed by atoms with Crippen molar-refractivity contribution in [2.45, 2.75) is 39.2 Å². The highest BCUT2D eigenvalue weighted by Crippen LogP contribution is 2.16. The molecule has 3 heteroatoms. The third-order valence-corrected chi connectivity index (χ3v) is 3.42. The molecule has 3 nitrogen and oxygen atoms in total. The number of hydrogen-bond donors (Lipinski definition) is 0. The average molecular weight is 228 g/mol. The van der Waals surface area contributed by atoms with Gasteiger partial charge in [-0.05, 0) is 30.5 Å². The van der Waals surface area contributed by atoms with Crippen LogP contribution in [0, 0.1) is 0 Å². The van der Waals surface area contributed by atoms with Gasteiger partial charge in [-0.15, -0.1) is 0 Å². The highest BCUT2D eigenvalue weighted by molar-refractivity contribution is 5.78. The number of benzene rings is 1. The van der Waals surface area contributed by atoms with Gasteiger partial charge in [-0.2, -0.15) is 0 Å². The van der Waals surface area contributed by atoms with Crippen molar-refractivity contribution in [2.75, 3.05) is 0 Å². The third kappa shape index (κ3) is 1.66. The van der Waals surface area contributed by atoms with Gasteiger partial charge in [0, 0.05) is 13.0 Å². The van der Waals surface area contributed by atoms with Gasteiger partial charge in [-0.3, -0.25) is 9.36 Å². The Morgan fingerprint density at radius 1 is 1.41 bits per heavy atom. The first-order chi connectivity index (χ1) is 8.29. The SMILES string of the molecule is CCCc1ccc2nc3n(c(=O)c2c1)CCC3. The number of fused-ring (bicyclic) bond motifs is 2. The fraction of sp³-hybridized carbons (Fsp3) is 0.429. The molecule has 1 aromatic carbocycles. The zero-order valence-electron chi connectivity index (χ0n) is 10.1. The zero-order chi connectivity index (χ0) is 11.8. The lowest BCUT2D eigenvalue weighted by atomic mass is 10.1. The molecule has 0 fully saturated rings. The number of hydrogen-bond acceptors (Lipinski definition) is 2. The van der Waals surface area contributed by atoms with Crippen LogP contribution in [0.15, 0.2) is 23.0 Å². The summed E-state index contributed by atoms with van der Waals surface area (Å²) in [5.74, 6) is 0.950. The molecule has 0 spiro atoms. The second kappa shape index (κ2) is 3.99. The Kier molecular flexibility index (Phi) is 2.46. The standard InChI is InChI=1S/C14H16N2O/c1-2-4-10-6-7-12-11(9-10)14(17)16-8-3-5-13(16)15-12/h6-7,9H,2-5,8H2,1H3. The fourth-order valence-electron chi connectivity index (χ4n) is 2.57. The number of aromatic nitrogens is 2. The molecule has 0 atom stereocenters. The maximum Gasteiger partial charge on any atom is 0.261 e. The van der Waals surface area contributed by atoms with Crippen molar-refractivity contribution >= 4 is 10.9 Å². The molecule has 2 aromatic rings.